The number of morpholine rings is 1. The van der Waals surface area contributed by atoms with Gasteiger partial charge in [-0.3, -0.25) is 19.5 Å². The fraction of sp³-hybridized carbons (Fsp3) is 0.947. The molecule has 0 radical (unpaired) electrons. The Bertz CT molecular complexity index is 423. The maximum Gasteiger partial charge on any atom is 0.234 e. The fourth-order valence-electron chi connectivity index (χ4n) is 4.41. The number of carbonyl (C=O) groups is 1. The van der Waals surface area contributed by atoms with E-state index in [9.17, 15) is 4.79 Å². The third kappa shape index (κ3) is 5.39. The number of amides is 1. The molecule has 6 nitrogen and oxygen atoms in total. The summed E-state index contributed by atoms with van der Waals surface area (Å²) in [6.45, 7) is 13.4. The lowest BCUT2D eigenvalue weighted by Crippen LogP contribution is -2.56. The Kier molecular flexibility index (Phi) is 6.72. The third-order valence-electron chi connectivity index (χ3n) is 6.20. The number of nitrogens with one attached hydrogen (secondary N) is 1. The summed E-state index contributed by atoms with van der Waals surface area (Å²) in [5, 5.41) is 3.16. The van der Waals surface area contributed by atoms with Crippen molar-refractivity contribution in [2.24, 2.45) is 0 Å². The zero-order valence-corrected chi connectivity index (χ0v) is 16.1. The molecule has 1 N–H and O–H groups in total. The van der Waals surface area contributed by atoms with Crippen LogP contribution in [0.1, 0.15) is 39.5 Å². The quantitative estimate of drug-likeness (QED) is 0.765. The van der Waals surface area contributed by atoms with Crippen LogP contribution in [-0.2, 0) is 9.53 Å². The van der Waals surface area contributed by atoms with E-state index in [1.54, 1.807) is 0 Å². The molecule has 144 valence electrons. The Hall–Kier alpha value is -0.690. The molecule has 0 spiro atoms. The minimum atomic E-state index is -0.0133. The number of hydrogen-bond donors (Lipinski definition) is 1. The molecule has 3 rings (SSSR count). The van der Waals surface area contributed by atoms with Gasteiger partial charge in [0.25, 0.3) is 0 Å². The molecule has 0 aromatic heterocycles. The number of hydrogen-bond acceptors (Lipinski definition) is 5. The number of nitrogens with zero attached hydrogens (tertiary/aromatic N) is 3. The Morgan fingerprint density at radius 1 is 1.04 bits per heavy atom. The Labute approximate surface area is 152 Å². The van der Waals surface area contributed by atoms with E-state index in [-0.39, 0.29) is 11.4 Å². The summed E-state index contributed by atoms with van der Waals surface area (Å²) in [7, 11) is 0. The molecule has 3 aliphatic rings. The van der Waals surface area contributed by atoms with Crippen LogP contribution in [0.5, 0.6) is 0 Å². The second kappa shape index (κ2) is 8.80. The van der Waals surface area contributed by atoms with Crippen LogP contribution < -0.4 is 5.32 Å². The van der Waals surface area contributed by atoms with Gasteiger partial charge in [0.15, 0.2) is 0 Å². The number of carbonyl (C=O) groups excluding carboxylic acids is 1. The highest BCUT2D eigenvalue weighted by atomic mass is 16.5. The Balaban J connectivity index is 1.35. The molecule has 0 aromatic rings. The van der Waals surface area contributed by atoms with Crippen molar-refractivity contribution in [3.05, 3.63) is 0 Å². The van der Waals surface area contributed by atoms with Crippen molar-refractivity contribution in [1.82, 2.24) is 20.0 Å². The van der Waals surface area contributed by atoms with Gasteiger partial charge >= 0.3 is 0 Å². The monoisotopic (exact) mass is 352 g/mol. The van der Waals surface area contributed by atoms with Crippen LogP contribution >= 0.6 is 0 Å². The largest absolute Gasteiger partial charge is 0.379 e. The molecule has 1 aliphatic carbocycles. The molecule has 2 aliphatic heterocycles. The van der Waals surface area contributed by atoms with Crippen molar-refractivity contribution in [1.29, 1.82) is 0 Å². The molecular weight excluding hydrogens is 316 g/mol. The van der Waals surface area contributed by atoms with E-state index >= 15 is 0 Å². The lowest BCUT2D eigenvalue weighted by atomic mass is 10.0. The number of rotatable bonds is 6. The lowest BCUT2D eigenvalue weighted by Gasteiger charge is -2.41. The van der Waals surface area contributed by atoms with E-state index in [2.05, 4.69) is 33.9 Å². The average molecular weight is 353 g/mol. The van der Waals surface area contributed by atoms with Crippen molar-refractivity contribution in [3.63, 3.8) is 0 Å². The summed E-state index contributed by atoms with van der Waals surface area (Å²) in [5.41, 5.74) is -0.0133. The summed E-state index contributed by atoms with van der Waals surface area (Å²) in [5.74, 6) is 0.163. The van der Waals surface area contributed by atoms with E-state index in [0.717, 1.165) is 58.5 Å². The summed E-state index contributed by atoms with van der Waals surface area (Å²) in [6.07, 6.45) is 5.53. The van der Waals surface area contributed by atoms with E-state index < -0.39 is 0 Å². The first-order chi connectivity index (χ1) is 12.0. The van der Waals surface area contributed by atoms with Crippen LogP contribution in [0.25, 0.3) is 0 Å². The molecular formula is C19H36N4O2. The van der Waals surface area contributed by atoms with Crippen LogP contribution in [0.4, 0.5) is 0 Å². The molecule has 3 fully saturated rings. The summed E-state index contributed by atoms with van der Waals surface area (Å²) in [4.78, 5) is 19.7. The van der Waals surface area contributed by atoms with Gasteiger partial charge in [0, 0.05) is 57.4 Å². The molecule has 25 heavy (non-hydrogen) atoms. The van der Waals surface area contributed by atoms with Gasteiger partial charge in [0.1, 0.15) is 0 Å². The van der Waals surface area contributed by atoms with Gasteiger partial charge < -0.3 is 10.1 Å². The predicted molar refractivity (Wildman–Crippen MR) is 99.7 cm³/mol. The Morgan fingerprint density at radius 3 is 2.32 bits per heavy atom. The van der Waals surface area contributed by atoms with Gasteiger partial charge in [0.2, 0.25) is 5.91 Å². The van der Waals surface area contributed by atoms with Crippen molar-refractivity contribution < 1.29 is 9.53 Å². The van der Waals surface area contributed by atoms with Crippen LogP contribution in [0.15, 0.2) is 0 Å². The van der Waals surface area contributed by atoms with Crippen molar-refractivity contribution >= 4 is 5.91 Å². The minimum Gasteiger partial charge on any atom is -0.379 e. The predicted octanol–water partition coefficient (Wildman–Crippen LogP) is 0.774. The van der Waals surface area contributed by atoms with Gasteiger partial charge in [-0.1, -0.05) is 12.8 Å². The summed E-state index contributed by atoms with van der Waals surface area (Å²) < 4.78 is 5.43. The second-order valence-electron chi connectivity index (χ2n) is 8.44. The number of piperazine rings is 1. The summed E-state index contributed by atoms with van der Waals surface area (Å²) >= 11 is 0. The molecule has 1 saturated carbocycles. The van der Waals surface area contributed by atoms with Gasteiger partial charge in [-0.2, -0.15) is 0 Å². The highest BCUT2D eigenvalue weighted by molar-refractivity contribution is 5.78. The number of ether oxygens (including phenoxy) is 1. The van der Waals surface area contributed by atoms with E-state index in [0.29, 0.717) is 13.1 Å². The molecule has 2 saturated heterocycles. The van der Waals surface area contributed by atoms with Crippen LogP contribution in [0.2, 0.25) is 0 Å². The SMILES string of the molecule is CC(C)(CNC(=O)CN1CCN(C2CCCC2)CC1)N1CCOCC1. The highest BCUT2D eigenvalue weighted by Gasteiger charge is 2.30. The van der Waals surface area contributed by atoms with Gasteiger partial charge in [-0.25, -0.2) is 0 Å². The molecule has 1 amide bonds. The standard InChI is InChI=1S/C19H36N4O2/c1-19(2,23-11-13-25-14-12-23)16-20-18(24)15-21-7-9-22(10-8-21)17-5-3-4-6-17/h17H,3-16H2,1-2H3,(H,20,24). The van der Waals surface area contributed by atoms with Gasteiger partial charge in [0.05, 0.1) is 19.8 Å². The lowest BCUT2D eigenvalue weighted by molar-refractivity contribution is -0.123. The molecule has 0 bridgehead atoms. The molecule has 2 heterocycles. The smallest absolute Gasteiger partial charge is 0.234 e. The Morgan fingerprint density at radius 2 is 1.68 bits per heavy atom. The molecule has 0 unspecified atom stereocenters. The maximum absolute atomic E-state index is 12.4. The van der Waals surface area contributed by atoms with Crippen molar-refractivity contribution in [2.75, 3.05) is 65.6 Å². The molecule has 0 atom stereocenters. The molecule has 6 heteroatoms. The van der Waals surface area contributed by atoms with E-state index in [1.165, 1.54) is 25.7 Å². The molecule has 0 aromatic carbocycles. The van der Waals surface area contributed by atoms with E-state index in [4.69, 9.17) is 4.74 Å². The first kappa shape index (κ1) is 19.1. The zero-order chi connectivity index (χ0) is 17.7. The average Bonchev–Trinajstić information content (AvgIpc) is 3.16. The van der Waals surface area contributed by atoms with Gasteiger partial charge in [-0.05, 0) is 26.7 Å². The second-order valence-corrected chi connectivity index (χ2v) is 8.44. The van der Waals surface area contributed by atoms with Crippen LogP contribution in [-0.4, -0.2) is 97.8 Å². The zero-order valence-electron chi connectivity index (χ0n) is 16.1. The minimum absolute atomic E-state index is 0.0133. The van der Waals surface area contributed by atoms with Crippen molar-refractivity contribution in [3.8, 4) is 0 Å². The topological polar surface area (TPSA) is 48.1 Å². The maximum atomic E-state index is 12.4. The van der Waals surface area contributed by atoms with Crippen LogP contribution in [0, 0.1) is 0 Å². The normalized spacial score (nSPS) is 25.4. The van der Waals surface area contributed by atoms with Gasteiger partial charge in [-0.15, -0.1) is 0 Å². The first-order valence-electron chi connectivity index (χ1n) is 10.1. The highest BCUT2D eigenvalue weighted by Crippen LogP contribution is 2.24. The summed E-state index contributed by atoms with van der Waals surface area (Å²) in [6, 6.07) is 0.810. The fourth-order valence-corrected chi connectivity index (χ4v) is 4.41. The van der Waals surface area contributed by atoms with E-state index in [1.807, 2.05) is 0 Å². The van der Waals surface area contributed by atoms with Crippen molar-refractivity contribution in [2.45, 2.75) is 51.1 Å². The van der Waals surface area contributed by atoms with Crippen LogP contribution in [0.3, 0.4) is 0 Å². The third-order valence-corrected chi connectivity index (χ3v) is 6.20. The first-order valence-corrected chi connectivity index (χ1v) is 10.1.